The van der Waals surface area contributed by atoms with Crippen LogP contribution in [0.2, 0.25) is 5.02 Å². The Morgan fingerprint density at radius 1 is 1.28 bits per heavy atom. The zero-order valence-electron chi connectivity index (χ0n) is 10.6. The standard InChI is InChI=1S/C14H19BrClNO/c1-11-7-6-8-12(13(11)16)14(18)17-10-5-3-2-4-9-15/h6-8H,2-5,9-10H2,1H3,(H,17,18). The lowest BCUT2D eigenvalue weighted by atomic mass is 10.1. The molecular formula is C14H19BrClNO. The molecule has 1 rings (SSSR count). The van der Waals surface area contributed by atoms with Gasteiger partial charge in [-0.25, -0.2) is 0 Å². The molecular weight excluding hydrogens is 314 g/mol. The van der Waals surface area contributed by atoms with Gasteiger partial charge in [0.1, 0.15) is 0 Å². The minimum absolute atomic E-state index is 0.0795. The molecule has 2 nitrogen and oxygen atoms in total. The number of carbonyl (C=O) groups excluding carboxylic acids is 1. The molecule has 0 unspecified atom stereocenters. The first kappa shape index (κ1) is 15.5. The molecule has 0 spiro atoms. The van der Waals surface area contributed by atoms with Crippen molar-refractivity contribution in [3.8, 4) is 0 Å². The minimum atomic E-state index is -0.0795. The highest BCUT2D eigenvalue weighted by Crippen LogP contribution is 2.19. The van der Waals surface area contributed by atoms with Gasteiger partial charge in [-0.05, 0) is 31.4 Å². The summed E-state index contributed by atoms with van der Waals surface area (Å²) in [7, 11) is 0. The molecule has 0 aliphatic carbocycles. The maximum absolute atomic E-state index is 11.9. The Bertz CT molecular complexity index is 395. The van der Waals surface area contributed by atoms with E-state index in [-0.39, 0.29) is 5.91 Å². The molecule has 0 aliphatic heterocycles. The molecule has 0 saturated heterocycles. The van der Waals surface area contributed by atoms with Crippen LogP contribution in [0.1, 0.15) is 41.6 Å². The quantitative estimate of drug-likeness (QED) is 0.584. The molecule has 0 bridgehead atoms. The van der Waals surface area contributed by atoms with E-state index in [4.69, 9.17) is 11.6 Å². The fraction of sp³-hybridized carbons (Fsp3) is 0.500. The van der Waals surface area contributed by atoms with Crippen molar-refractivity contribution in [3.63, 3.8) is 0 Å². The van der Waals surface area contributed by atoms with Gasteiger partial charge >= 0.3 is 0 Å². The molecule has 0 aliphatic rings. The third-order valence-electron chi connectivity index (χ3n) is 2.78. The molecule has 1 aromatic carbocycles. The summed E-state index contributed by atoms with van der Waals surface area (Å²) in [5.41, 5.74) is 1.50. The number of alkyl halides is 1. The molecule has 18 heavy (non-hydrogen) atoms. The normalized spacial score (nSPS) is 10.4. The Morgan fingerprint density at radius 2 is 2.00 bits per heavy atom. The van der Waals surface area contributed by atoms with Crippen molar-refractivity contribution in [1.29, 1.82) is 0 Å². The first-order valence-corrected chi connectivity index (χ1v) is 7.76. The van der Waals surface area contributed by atoms with Crippen LogP contribution >= 0.6 is 27.5 Å². The maximum atomic E-state index is 11.9. The Labute approximate surface area is 122 Å². The van der Waals surface area contributed by atoms with Gasteiger partial charge in [0.05, 0.1) is 10.6 Å². The second kappa shape index (κ2) is 8.54. The van der Waals surface area contributed by atoms with Crippen molar-refractivity contribution < 1.29 is 4.79 Å². The SMILES string of the molecule is Cc1cccc(C(=O)NCCCCCCBr)c1Cl. The van der Waals surface area contributed by atoms with E-state index in [0.29, 0.717) is 17.1 Å². The number of hydrogen-bond donors (Lipinski definition) is 1. The van der Waals surface area contributed by atoms with Crippen LogP contribution in [0, 0.1) is 6.92 Å². The summed E-state index contributed by atoms with van der Waals surface area (Å²) in [5, 5.41) is 4.51. The lowest BCUT2D eigenvalue weighted by Gasteiger charge is -2.08. The average molecular weight is 333 g/mol. The highest BCUT2D eigenvalue weighted by molar-refractivity contribution is 9.09. The fourth-order valence-electron chi connectivity index (χ4n) is 1.69. The van der Waals surface area contributed by atoms with Crippen LogP contribution in [-0.2, 0) is 0 Å². The summed E-state index contributed by atoms with van der Waals surface area (Å²) in [6, 6.07) is 5.51. The van der Waals surface area contributed by atoms with E-state index < -0.39 is 0 Å². The van der Waals surface area contributed by atoms with Crippen LogP contribution in [-0.4, -0.2) is 17.8 Å². The molecule has 0 atom stereocenters. The van der Waals surface area contributed by atoms with Gasteiger partial charge in [-0.3, -0.25) is 4.79 Å². The Balaban J connectivity index is 2.35. The molecule has 0 saturated carbocycles. The largest absolute Gasteiger partial charge is 0.352 e. The average Bonchev–Trinajstić information content (AvgIpc) is 2.36. The molecule has 0 aromatic heterocycles. The number of carbonyl (C=O) groups is 1. The molecule has 0 fully saturated rings. The van der Waals surface area contributed by atoms with E-state index in [1.165, 1.54) is 12.8 Å². The highest BCUT2D eigenvalue weighted by Gasteiger charge is 2.10. The molecule has 1 amide bonds. The number of halogens is 2. The van der Waals surface area contributed by atoms with Crippen molar-refractivity contribution in [2.24, 2.45) is 0 Å². The molecule has 1 aromatic rings. The van der Waals surface area contributed by atoms with Crippen molar-refractivity contribution in [2.75, 3.05) is 11.9 Å². The summed E-state index contributed by atoms with van der Waals surface area (Å²) in [4.78, 5) is 11.9. The topological polar surface area (TPSA) is 29.1 Å². The van der Waals surface area contributed by atoms with Gasteiger partial charge in [-0.1, -0.05) is 52.5 Å². The first-order chi connectivity index (χ1) is 8.66. The van der Waals surface area contributed by atoms with Crippen LogP contribution < -0.4 is 5.32 Å². The summed E-state index contributed by atoms with van der Waals surface area (Å²) < 4.78 is 0. The summed E-state index contributed by atoms with van der Waals surface area (Å²) in [6.45, 7) is 2.62. The van der Waals surface area contributed by atoms with E-state index in [2.05, 4.69) is 21.2 Å². The zero-order valence-corrected chi connectivity index (χ0v) is 13.0. The van der Waals surface area contributed by atoms with Crippen LogP contribution in [0.15, 0.2) is 18.2 Å². The van der Waals surface area contributed by atoms with Gasteiger partial charge in [-0.2, -0.15) is 0 Å². The molecule has 0 heterocycles. The predicted octanol–water partition coefficient (Wildman–Crippen LogP) is 4.33. The number of unbranched alkanes of at least 4 members (excludes halogenated alkanes) is 3. The highest BCUT2D eigenvalue weighted by atomic mass is 79.9. The van der Waals surface area contributed by atoms with Crippen LogP contribution in [0.3, 0.4) is 0 Å². The van der Waals surface area contributed by atoms with Crippen LogP contribution in [0.25, 0.3) is 0 Å². The van der Waals surface area contributed by atoms with Gasteiger partial charge < -0.3 is 5.32 Å². The first-order valence-electron chi connectivity index (χ1n) is 6.26. The Kier molecular flexibility index (Phi) is 7.36. The van der Waals surface area contributed by atoms with Gasteiger partial charge in [0, 0.05) is 11.9 Å². The number of aryl methyl sites for hydroxylation is 1. The lowest BCUT2D eigenvalue weighted by Crippen LogP contribution is -2.24. The lowest BCUT2D eigenvalue weighted by molar-refractivity contribution is 0.0953. The minimum Gasteiger partial charge on any atom is -0.352 e. The van der Waals surface area contributed by atoms with E-state index in [9.17, 15) is 4.79 Å². The van der Waals surface area contributed by atoms with Gasteiger partial charge in [-0.15, -0.1) is 0 Å². The molecule has 100 valence electrons. The predicted molar refractivity (Wildman–Crippen MR) is 80.8 cm³/mol. The van der Waals surface area contributed by atoms with E-state index in [1.54, 1.807) is 6.07 Å². The fourth-order valence-corrected chi connectivity index (χ4v) is 2.30. The third-order valence-corrected chi connectivity index (χ3v) is 3.84. The summed E-state index contributed by atoms with van der Waals surface area (Å²) >= 11 is 9.51. The van der Waals surface area contributed by atoms with Crippen LogP contribution in [0.4, 0.5) is 0 Å². The second-order valence-corrected chi connectivity index (χ2v) is 5.47. The number of hydrogen-bond acceptors (Lipinski definition) is 1. The van der Waals surface area contributed by atoms with Crippen LogP contribution in [0.5, 0.6) is 0 Å². The van der Waals surface area contributed by atoms with Gasteiger partial charge in [0.25, 0.3) is 5.91 Å². The summed E-state index contributed by atoms with van der Waals surface area (Å²) in [5.74, 6) is -0.0795. The molecule has 0 radical (unpaired) electrons. The van der Waals surface area contributed by atoms with Crippen molar-refractivity contribution in [1.82, 2.24) is 5.32 Å². The van der Waals surface area contributed by atoms with Crippen molar-refractivity contribution in [3.05, 3.63) is 34.3 Å². The van der Waals surface area contributed by atoms with Gasteiger partial charge in [0.15, 0.2) is 0 Å². The van der Waals surface area contributed by atoms with E-state index >= 15 is 0 Å². The van der Waals surface area contributed by atoms with E-state index in [1.807, 2.05) is 19.1 Å². The number of rotatable bonds is 7. The van der Waals surface area contributed by atoms with Crippen molar-refractivity contribution in [2.45, 2.75) is 32.6 Å². The summed E-state index contributed by atoms with van der Waals surface area (Å²) in [6.07, 6.45) is 4.56. The van der Waals surface area contributed by atoms with Gasteiger partial charge in [0.2, 0.25) is 0 Å². The monoisotopic (exact) mass is 331 g/mol. The second-order valence-electron chi connectivity index (χ2n) is 4.30. The number of nitrogens with one attached hydrogen (secondary N) is 1. The Hall–Kier alpha value is -0.540. The maximum Gasteiger partial charge on any atom is 0.252 e. The number of amides is 1. The van der Waals surface area contributed by atoms with E-state index in [0.717, 1.165) is 23.7 Å². The zero-order chi connectivity index (χ0) is 13.4. The smallest absolute Gasteiger partial charge is 0.252 e. The number of benzene rings is 1. The third kappa shape index (κ3) is 4.99. The van der Waals surface area contributed by atoms with Crippen molar-refractivity contribution >= 4 is 33.4 Å². The Morgan fingerprint density at radius 3 is 2.72 bits per heavy atom. The molecule has 1 N–H and O–H groups in total. The molecule has 4 heteroatoms.